The summed E-state index contributed by atoms with van der Waals surface area (Å²) >= 11 is 6.14. The first-order valence-electron chi connectivity index (χ1n) is 9.66. The quantitative estimate of drug-likeness (QED) is 0.762. The minimum atomic E-state index is -0.591. The van der Waals surface area contributed by atoms with Crippen molar-refractivity contribution in [2.24, 2.45) is 5.73 Å². The third-order valence-corrected chi connectivity index (χ3v) is 5.49. The molecule has 1 aliphatic rings. The minimum Gasteiger partial charge on any atom is -0.368 e. The highest BCUT2D eigenvalue weighted by Gasteiger charge is 2.32. The topological polar surface area (TPSA) is 92.5 Å². The van der Waals surface area contributed by atoms with Crippen LogP contribution in [0.1, 0.15) is 47.6 Å². The molecule has 0 radical (unpaired) electrons. The Hall–Kier alpha value is -2.86. The van der Waals surface area contributed by atoms with E-state index in [9.17, 15) is 14.4 Å². The van der Waals surface area contributed by atoms with Gasteiger partial charge >= 0.3 is 0 Å². The third-order valence-electron chi connectivity index (χ3n) is 5.16. The summed E-state index contributed by atoms with van der Waals surface area (Å²) in [5, 5.41) is 3.26. The summed E-state index contributed by atoms with van der Waals surface area (Å²) < 4.78 is 0. The summed E-state index contributed by atoms with van der Waals surface area (Å²) in [5.74, 6) is -1.06. The number of halogens is 1. The Labute approximate surface area is 175 Å². The number of primary amides is 1. The fourth-order valence-electron chi connectivity index (χ4n) is 3.64. The van der Waals surface area contributed by atoms with E-state index in [-0.39, 0.29) is 18.2 Å². The van der Waals surface area contributed by atoms with Gasteiger partial charge < -0.3 is 16.0 Å². The number of rotatable bonds is 6. The summed E-state index contributed by atoms with van der Waals surface area (Å²) in [6, 6.07) is 14.9. The number of benzene rings is 2. The van der Waals surface area contributed by atoms with Gasteiger partial charge in [0.05, 0.1) is 23.0 Å². The zero-order chi connectivity index (χ0) is 20.8. The van der Waals surface area contributed by atoms with Crippen LogP contribution < -0.4 is 11.1 Å². The van der Waals surface area contributed by atoms with Gasteiger partial charge in [-0.05, 0) is 37.0 Å². The highest BCUT2D eigenvalue weighted by molar-refractivity contribution is 6.33. The smallest absolute Gasteiger partial charge is 0.253 e. The van der Waals surface area contributed by atoms with Crippen molar-refractivity contribution in [2.45, 2.75) is 37.8 Å². The van der Waals surface area contributed by atoms with Crippen LogP contribution in [0, 0.1) is 0 Å². The number of hydrogen-bond donors (Lipinski definition) is 2. The highest BCUT2D eigenvalue weighted by Crippen LogP contribution is 2.24. The molecular formula is C22H24ClN3O3. The van der Waals surface area contributed by atoms with E-state index in [1.54, 1.807) is 29.2 Å². The second-order valence-electron chi connectivity index (χ2n) is 7.12. The van der Waals surface area contributed by atoms with Gasteiger partial charge in [0.25, 0.3) is 5.91 Å². The Balaban J connectivity index is 1.81. The Morgan fingerprint density at radius 2 is 1.76 bits per heavy atom. The molecule has 1 fully saturated rings. The lowest BCUT2D eigenvalue weighted by Crippen LogP contribution is -2.51. The number of hydrogen-bond acceptors (Lipinski definition) is 3. The number of nitrogens with two attached hydrogens (primary N) is 1. The van der Waals surface area contributed by atoms with Crippen LogP contribution in [0.25, 0.3) is 0 Å². The van der Waals surface area contributed by atoms with Gasteiger partial charge in [0.15, 0.2) is 0 Å². The lowest BCUT2D eigenvalue weighted by molar-refractivity contribution is -0.141. The zero-order valence-corrected chi connectivity index (χ0v) is 16.8. The van der Waals surface area contributed by atoms with Crippen LogP contribution in [0.3, 0.4) is 0 Å². The highest BCUT2D eigenvalue weighted by atomic mass is 35.5. The molecule has 6 nitrogen and oxygen atoms in total. The van der Waals surface area contributed by atoms with E-state index in [1.165, 1.54) is 0 Å². The number of carbonyl (C=O) groups is 3. The van der Waals surface area contributed by atoms with Gasteiger partial charge in [-0.3, -0.25) is 14.4 Å². The van der Waals surface area contributed by atoms with Crippen LogP contribution in [-0.2, 0) is 9.59 Å². The molecule has 29 heavy (non-hydrogen) atoms. The van der Waals surface area contributed by atoms with E-state index in [1.807, 2.05) is 30.3 Å². The van der Waals surface area contributed by atoms with Crippen LogP contribution in [0.5, 0.6) is 0 Å². The van der Waals surface area contributed by atoms with Crippen molar-refractivity contribution >= 4 is 29.3 Å². The molecular weight excluding hydrogens is 390 g/mol. The van der Waals surface area contributed by atoms with E-state index < -0.39 is 18.0 Å². The minimum absolute atomic E-state index is 0.0317. The number of piperidine rings is 1. The number of nitrogens with zero attached hydrogens (tertiary/aromatic N) is 1. The monoisotopic (exact) mass is 413 g/mol. The number of carbonyl (C=O) groups excluding carboxylic acids is 3. The molecule has 0 saturated carbocycles. The molecule has 3 amide bonds. The van der Waals surface area contributed by atoms with Gasteiger partial charge in [-0.25, -0.2) is 0 Å². The van der Waals surface area contributed by atoms with Crippen molar-refractivity contribution in [3.05, 3.63) is 70.7 Å². The lowest BCUT2D eigenvalue weighted by Gasteiger charge is -2.34. The van der Waals surface area contributed by atoms with E-state index >= 15 is 0 Å². The lowest BCUT2D eigenvalue weighted by atomic mass is 9.98. The molecule has 3 N–H and O–H groups in total. The van der Waals surface area contributed by atoms with Crippen LogP contribution in [0.4, 0.5) is 0 Å². The van der Waals surface area contributed by atoms with Crippen LogP contribution in [-0.4, -0.2) is 35.2 Å². The zero-order valence-electron chi connectivity index (χ0n) is 16.0. The van der Waals surface area contributed by atoms with Crippen molar-refractivity contribution < 1.29 is 14.4 Å². The molecule has 152 valence electrons. The van der Waals surface area contributed by atoms with E-state index in [4.69, 9.17) is 17.3 Å². The molecule has 1 heterocycles. The van der Waals surface area contributed by atoms with Crippen molar-refractivity contribution in [1.29, 1.82) is 0 Å². The summed E-state index contributed by atoms with van der Waals surface area (Å²) in [7, 11) is 0. The molecule has 1 aliphatic heterocycles. The molecule has 0 aliphatic carbocycles. The number of amides is 3. The van der Waals surface area contributed by atoms with Gasteiger partial charge in [-0.15, -0.1) is 0 Å². The van der Waals surface area contributed by atoms with E-state index in [0.717, 1.165) is 18.4 Å². The van der Waals surface area contributed by atoms with Gasteiger partial charge in [-0.1, -0.05) is 54.1 Å². The standard InChI is InChI=1S/C22H24ClN3O3/c23-17-11-5-4-10-16(17)22(29)25-18(15-8-2-1-3-9-15)14-20(27)26-13-7-6-12-19(26)21(24)28/h1-5,8-11,18-19H,6-7,12-14H2,(H2,24,28)(H,25,29). The Morgan fingerprint density at radius 3 is 2.45 bits per heavy atom. The average Bonchev–Trinajstić information content (AvgIpc) is 2.74. The SMILES string of the molecule is NC(=O)C1CCCCN1C(=O)CC(NC(=O)c1ccccc1Cl)c1ccccc1. The predicted octanol–water partition coefficient (Wildman–Crippen LogP) is 3.07. The Bertz CT molecular complexity index is 888. The van der Waals surface area contributed by atoms with Crippen LogP contribution >= 0.6 is 11.6 Å². The van der Waals surface area contributed by atoms with Crippen LogP contribution in [0.15, 0.2) is 54.6 Å². The van der Waals surface area contributed by atoms with Gasteiger partial charge in [-0.2, -0.15) is 0 Å². The summed E-state index contributed by atoms with van der Waals surface area (Å²) in [4.78, 5) is 39.1. The summed E-state index contributed by atoms with van der Waals surface area (Å²) in [5.41, 5.74) is 6.64. The first-order valence-corrected chi connectivity index (χ1v) is 10.0. The molecule has 3 rings (SSSR count). The average molecular weight is 414 g/mol. The maximum absolute atomic E-state index is 13.0. The van der Waals surface area contributed by atoms with Gasteiger partial charge in [0.1, 0.15) is 6.04 Å². The second kappa shape index (κ2) is 9.56. The number of nitrogens with one attached hydrogen (secondary N) is 1. The second-order valence-corrected chi connectivity index (χ2v) is 7.53. The molecule has 0 aromatic heterocycles. The third kappa shape index (κ3) is 5.15. The molecule has 2 aromatic rings. The fourth-order valence-corrected chi connectivity index (χ4v) is 3.86. The first-order chi connectivity index (χ1) is 14.0. The van der Waals surface area contributed by atoms with Crippen molar-refractivity contribution in [1.82, 2.24) is 10.2 Å². The first kappa shape index (κ1) is 20.9. The molecule has 7 heteroatoms. The Kier molecular flexibility index (Phi) is 6.88. The van der Waals surface area contributed by atoms with E-state index in [0.29, 0.717) is 23.6 Å². The van der Waals surface area contributed by atoms with Gasteiger partial charge in [0, 0.05) is 6.54 Å². The van der Waals surface area contributed by atoms with Crippen LogP contribution in [0.2, 0.25) is 5.02 Å². The summed E-state index contributed by atoms with van der Waals surface area (Å²) in [6.07, 6.45) is 2.30. The largest absolute Gasteiger partial charge is 0.368 e. The molecule has 2 unspecified atom stereocenters. The van der Waals surface area contributed by atoms with Gasteiger partial charge in [0.2, 0.25) is 11.8 Å². The summed E-state index contributed by atoms with van der Waals surface area (Å²) in [6.45, 7) is 0.492. The Morgan fingerprint density at radius 1 is 1.07 bits per heavy atom. The predicted molar refractivity (Wildman–Crippen MR) is 111 cm³/mol. The van der Waals surface area contributed by atoms with E-state index in [2.05, 4.69) is 5.32 Å². The molecule has 2 aromatic carbocycles. The maximum Gasteiger partial charge on any atom is 0.253 e. The molecule has 2 atom stereocenters. The molecule has 0 bridgehead atoms. The van der Waals surface area contributed by atoms with Crippen molar-refractivity contribution in [3.8, 4) is 0 Å². The number of likely N-dealkylation sites (tertiary alicyclic amines) is 1. The normalized spacial score (nSPS) is 17.4. The molecule has 0 spiro atoms. The fraction of sp³-hybridized carbons (Fsp3) is 0.318. The maximum atomic E-state index is 13.0. The molecule has 1 saturated heterocycles. The van der Waals surface area contributed by atoms with Crippen molar-refractivity contribution in [3.63, 3.8) is 0 Å². The van der Waals surface area contributed by atoms with Crippen molar-refractivity contribution in [2.75, 3.05) is 6.54 Å².